The number of benzene rings is 2. The van der Waals surface area contributed by atoms with Crippen molar-refractivity contribution in [3.8, 4) is 0 Å². The average Bonchev–Trinajstić information content (AvgIpc) is 2.49. The number of carboxylic acid groups (broad SMARTS) is 1. The Bertz CT molecular complexity index is 672. The molecule has 1 N–H and O–H groups in total. The van der Waals surface area contributed by atoms with Crippen LogP contribution in [-0.4, -0.2) is 23.4 Å². The molecule has 1 aliphatic heterocycles. The molecular weight excluding hydrogens is 289 g/mol. The summed E-state index contributed by atoms with van der Waals surface area (Å²) in [7, 11) is 0. The Morgan fingerprint density at radius 2 is 2.00 bits per heavy atom. The lowest BCUT2D eigenvalue weighted by atomic mass is 10.1. The number of rotatable bonds is 3. The van der Waals surface area contributed by atoms with E-state index in [1.807, 2.05) is 6.07 Å². The maximum absolute atomic E-state index is 13.0. The Morgan fingerprint density at radius 1 is 1.24 bits per heavy atom. The van der Waals surface area contributed by atoms with E-state index < -0.39 is 5.97 Å². The van der Waals surface area contributed by atoms with E-state index in [-0.39, 0.29) is 5.82 Å². The van der Waals surface area contributed by atoms with Crippen LogP contribution in [0.5, 0.6) is 0 Å². The molecule has 0 bridgehead atoms. The molecule has 0 unspecified atom stereocenters. The van der Waals surface area contributed by atoms with Gasteiger partial charge in [0.15, 0.2) is 0 Å². The summed E-state index contributed by atoms with van der Waals surface area (Å²) in [5, 5.41) is 9.13. The van der Waals surface area contributed by atoms with Gasteiger partial charge in [0, 0.05) is 23.7 Å². The van der Waals surface area contributed by atoms with Crippen LogP contribution in [0.15, 0.2) is 47.4 Å². The van der Waals surface area contributed by atoms with Gasteiger partial charge in [0.1, 0.15) is 5.82 Å². The van der Waals surface area contributed by atoms with E-state index in [9.17, 15) is 9.18 Å². The molecule has 21 heavy (non-hydrogen) atoms. The first kappa shape index (κ1) is 13.9. The number of hydrogen-bond donors (Lipinski definition) is 1. The van der Waals surface area contributed by atoms with Crippen LogP contribution < -0.4 is 4.90 Å². The van der Waals surface area contributed by atoms with E-state index in [1.54, 1.807) is 36.0 Å². The number of carbonyl (C=O) groups is 1. The number of halogens is 1. The van der Waals surface area contributed by atoms with Crippen LogP contribution in [0.4, 0.5) is 10.1 Å². The highest BCUT2D eigenvalue weighted by Gasteiger charge is 2.19. The monoisotopic (exact) mass is 303 g/mol. The molecule has 108 valence electrons. The zero-order valence-corrected chi connectivity index (χ0v) is 12.1. The van der Waals surface area contributed by atoms with Crippen molar-refractivity contribution in [2.24, 2.45) is 0 Å². The maximum Gasteiger partial charge on any atom is 0.335 e. The second kappa shape index (κ2) is 5.77. The summed E-state index contributed by atoms with van der Waals surface area (Å²) in [6, 6.07) is 11.6. The molecule has 3 nitrogen and oxygen atoms in total. The molecule has 2 aromatic rings. The first-order valence-corrected chi connectivity index (χ1v) is 7.61. The standard InChI is InChI=1S/C16H14FNO2S/c17-13-4-1-11(2-5-13)10-18-7-8-21-15-6-3-12(16(19)20)9-14(15)18/h1-6,9H,7-8,10H2,(H,19,20). The van der Waals surface area contributed by atoms with Gasteiger partial charge >= 0.3 is 5.97 Å². The minimum absolute atomic E-state index is 0.249. The Labute approximate surface area is 126 Å². The molecular formula is C16H14FNO2S. The Hall–Kier alpha value is -2.01. The molecule has 1 heterocycles. The summed E-state index contributed by atoms with van der Waals surface area (Å²) in [4.78, 5) is 14.4. The molecule has 0 aromatic heterocycles. The highest BCUT2D eigenvalue weighted by Crippen LogP contribution is 2.36. The van der Waals surface area contributed by atoms with Crippen LogP contribution in [0, 0.1) is 5.82 Å². The van der Waals surface area contributed by atoms with Crippen LogP contribution in [0.1, 0.15) is 15.9 Å². The van der Waals surface area contributed by atoms with E-state index in [4.69, 9.17) is 5.11 Å². The van der Waals surface area contributed by atoms with Gasteiger partial charge in [-0.15, -0.1) is 11.8 Å². The fourth-order valence-corrected chi connectivity index (χ4v) is 3.41. The zero-order chi connectivity index (χ0) is 14.8. The van der Waals surface area contributed by atoms with Crippen molar-refractivity contribution in [1.29, 1.82) is 0 Å². The predicted octanol–water partition coefficient (Wildman–Crippen LogP) is 3.64. The van der Waals surface area contributed by atoms with Gasteiger partial charge < -0.3 is 10.0 Å². The minimum Gasteiger partial charge on any atom is -0.478 e. The summed E-state index contributed by atoms with van der Waals surface area (Å²) in [5.41, 5.74) is 2.24. The van der Waals surface area contributed by atoms with Crippen molar-refractivity contribution in [1.82, 2.24) is 0 Å². The van der Waals surface area contributed by atoms with Gasteiger partial charge in [-0.3, -0.25) is 0 Å². The SMILES string of the molecule is O=C(O)c1ccc2c(c1)N(Cc1ccc(F)cc1)CCS2. The Morgan fingerprint density at radius 3 is 2.71 bits per heavy atom. The van der Waals surface area contributed by atoms with E-state index in [0.29, 0.717) is 12.1 Å². The first-order chi connectivity index (χ1) is 10.1. The summed E-state index contributed by atoms with van der Waals surface area (Å²) in [6.07, 6.45) is 0. The molecule has 0 fully saturated rings. The van der Waals surface area contributed by atoms with E-state index in [2.05, 4.69) is 4.90 Å². The minimum atomic E-state index is -0.921. The Kier molecular flexibility index (Phi) is 3.84. The van der Waals surface area contributed by atoms with Crippen LogP contribution in [0.3, 0.4) is 0 Å². The van der Waals surface area contributed by atoms with Crippen molar-refractivity contribution >= 4 is 23.4 Å². The molecule has 0 atom stereocenters. The normalized spacial score (nSPS) is 13.9. The second-order valence-electron chi connectivity index (χ2n) is 4.88. The molecule has 3 rings (SSSR count). The predicted molar refractivity (Wildman–Crippen MR) is 81.6 cm³/mol. The number of carboxylic acids is 1. The van der Waals surface area contributed by atoms with Gasteiger partial charge in [0.2, 0.25) is 0 Å². The van der Waals surface area contributed by atoms with Gasteiger partial charge in [0.25, 0.3) is 0 Å². The summed E-state index contributed by atoms with van der Waals surface area (Å²) >= 11 is 1.73. The van der Waals surface area contributed by atoms with Crippen LogP contribution in [-0.2, 0) is 6.54 Å². The molecule has 0 saturated heterocycles. The van der Waals surface area contributed by atoms with Gasteiger partial charge in [-0.1, -0.05) is 12.1 Å². The molecule has 5 heteroatoms. The smallest absolute Gasteiger partial charge is 0.335 e. The van der Waals surface area contributed by atoms with Gasteiger partial charge in [-0.25, -0.2) is 9.18 Å². The molecule has 1 aliphatic rings. The van der Waals surface area contributed by atoms with Crippen molar-refractivity contribution in [3.05, 3.63) is 59.4 Å². The molecule has 2 aromatic carbocycles. The van der Waals surface area contributed by atoms with Gasteiger partial charge in [0.05, 0.1) is 11.3 Å². The van der Waals surface area contributed by atoms with Crippen LogP contribution in [0.25, 0.3) is 0 Å². The fourth-order valence-electron chi connectivity index (χ4n) is 2.38. The fraction of sp³-hybridized carbons (Fsp3) is 0.188. The van der Waals surface area contributed by atoms with E-state index in [1.165, 1.54) is 12.1 Å². The van der Waals surface area contributed by atoms with Crippen molar-refractivity contribution < 1.29 is 14.3 Å². The highest BCUT2D eigenvalue weighted by molar-refractivity contribution is 7.99. The third-order valence-corrected chi connectivity index (χ3v) is 4.49. The number of fused-ring (bicyclic) bond motifs is 1. The van der Waals surface area contributed by atoms with E-state index >= 15 is 0 Å². The number of aromatic carboxylic acids is 1. The first-order valence-electron chi connectivity index (χ1n) is 6.63. The molecule has 0 radical (unpaired) electrons. The van der Waals surface area contributed by atoms with Crippen molar-refractivity contribution in [3.63, 3.8) is 0 Å². The highest BCUT2D eigenvalue weighted by atomic mass is 32.2. The molecule has 0 spiro atoms. The lowest BCUT2D eigenvalue weighted by Crippen LogP contribution is -2.28. The molecule has 0 aliphatic carbocycles. The van der Waals surface area contributed by atoms with Crippen molar-refractivity contribution in [2.75, 3.05) is 17.2 Å². The topological polar surface area (TPSA) is 40.5 Å². The number of anilines is 1. The van der Waals surface area contributed by atoms with Gasteiger partial charge in [-0.05, 0) is 35.9 Å². The lowest BCUT2D eigenvalue weighted by molar-refractivity contribution is 0.0697. The molecule has 0 saturated carbocycles. The van der Waals surface area contributed by atoms with Crippen LogP contribution >= 0.6 is 11.8 Å². The summed E-state index contributed by atoms with van der Waals surface area (Å²) in [5.74, 6) is -0.211. The third kappa shape index (κ3) is 3.03. The second-order valence-corrected chi connectivity index (χ2v) is 6.02. The number of hydrogen-bond acceptors (Lipinski definition) is 3. The maximum atomic E-state index is 13.0. The quantitative estimate of drug-likeness (QED) is 0.940. The lowest BCUT2D eigenvalue weighted by Gasteiger charge is -2.31. The van der Waals surface area contributed by atoms with Crippen molar-refractivity contribution in [2.45, 2.75) is 11.4 Å². The number of thioether (sulfide) groups is 1. The number of nitrogens with zero attached hydrogens (tertiary/aromatic N) is 1. The largest absolute Gasteiger partial charge is 0.478 e. The summed E-state index contributed by atoms with van der Waals surface area (Å²) in [6.45, 7) is 1.50. The summed E-state index contributed by atoms with van der Waals surface area (Å²) < 4.78 is 13.0. The van der Waals surface area contributed by atoms with Gasteiger partial charge in [-0.2, -0.15) is 0 Å². The van der Waals surface area contributed by atoms with E-state index in [0.717, 1.165) is 28.4 Å². The third-order valence-electron chi connectivity index (χ3n) is 3.45. The zero-order valence-electron chi connectivity index (χ0n) is 11.3. The molecule has 0 amide bonds. The van der Waals surface area contributed by atoms with Crippen LogP contribution in [0.2, 0.25) is 0 Å². The average molecular weight is 303 g/mol. The Balaban J connectivity index is 1.90.